The van der Waals surface area contributed by atoms with Crippen LogP contribution in [0.2, 0.25) is 0 Å². The number of aromatic nitrogens is 2. The zero-order valence-corrected chi connectivity index (χ0v) is 12.5. The molecule has 2 aliphatic carbocycles. The van der Waals surface area contributed by atoms with Crippen molar-refractivity contribution >= 4 is 11.9 Å². The van der Waals surface area contributed by atoms with E-state index in [0.717, 1.165) is 32.4 Å². The van der Waals surface area contributed by atoms with Gasteiger partial charge in [0.1, 0.15) is 6.17 Å². The van der Waals surface area contributed by atoms with Gasteiger partial charge in [-0.25, -0.2) is 14.4 Å². The van der Waals surface area contributed by atoms with Gasteiger partial charge in [-0.3, -0.25) is 4.79 Å². The summed E-state index contributed by atoms with van der Waals surface area (Å²) in [6.45, 7) is 1.67. The van der Waals surface area contributed by atoms with Gasteiger partial charge in [-0.1, -0.05) is 0 Å². The van der Waals surface area contributed by atoms with Crippen LogP contribution < -0.4 is 5.32 Å². The van der Waals surface area contributed by atoms with Crippen LogP contribution in [0.5, 0.6) is 0 Å². The number of carbonyl (C=O) groups excluding carboxylic acids is 1. The molecular weight excluding hydrogens is 283 g/mol. The summed E-state index contributed by atoms with van der Waals surface area (Å²) in [7, 11) is 0. The van der Waals surface area contributed by atoms with Crippen LogP contribution in [-0.2, 0) is 4.79 Å². The van der Waals surface area contributed by atoms with E-state index in [2.05, 4.69) is 15.3 Å². The molecule has 1 aromatic heterocycles. The Hall–Kier alpha value is -1.72. The Bertz CT molecular complexity index is 555. The van der Waals surface area contributed by atoms with Crippen LogP contribution in [0.1, 0.15) is 32.1 Å². The van der Waals surface area contributed by atoms with Crippen molar-refractivity contribution in [2.45, 2.75) is 44.3 Å². The van der Waals surface area contributed by atoms with E-state index >= 15 is 0 Å². The Morgan fingerprint density at radius 3 is 2.73 bits per heavy atom. The van der Waals surface area contributed by atoms with Gasteiger partial charge in [0.25, 0.3) is 0 Å². The fraction of sp³-hybridized carbons (Fsp3) is 0.688. The van der Waals surface area contributed by atoms with Gasteiger partial charge in [0.15, 0.2) is 0 Å². The summed E-state index contributed by atoms with van der Waals surface area (Å²) in [4.78, 5) is 22.6. The van der Waals surface area contributed by atoms with Gasteiger partial charge in [0, 0.05) is 37.4 Å². The van der Waals surface area contributed by atoms with E-state index in [-0.39, 0.29) is 17.2 Å². The topological polar surface area (TPSA) is 58.1 Å². The molecule has 0 atom stereocenters. The largest absolute Gasteiger partial charge is 0.351 e. The number of nitrogens with one attached hydrogen (secondary N) is 1. The summed E-state index contributed by atoms with van der Waals surface area (Å²) in [5, 5.41) is 3.35. The maximum Gasteiger partial charge on any atom is 0.225 e. The molecule has 3 aliphatic rings. The van der Waals surface area contributed by atoms with Crippen molar-refractivity contribution in [3.8, 4) is 0 Å². The van der Waals surface area contributed by atoms with Crippen LogP contribution in [0.15, 0.2) is 18.5 Å². The summed E-state index contributed by atoms with van der Waals surface area (Å²) < 4.78 is 12.9. The van der Waals surface area contributed by atoms with Crippen molar-refractivity contribution in [1.29, 1.82) is 0 Å². The van der Waals surface area contributed by atoms with E-state index < -0.39 is 6.17 Å². The number of halogens is 1. The quantitative estimate of drug-likeness (QED) is 0.928. The standard InChI is InChI=1S/C16H21FN4O/c17-12-6-11(7-12)14(22)21-5-2-16(10-21)8-13(9-16)20-15-18-3-1-4-19-15/h1,3-4,11-13H,2,5-10H2,(H,18,19,20). The third-order valence-corrected chi connectivity index (χ3v) is 5.44. The molecule has 0 radical (unpaired) electrons. The number of likely N-dealkylation sites (tertiary alicyclic amines) is 1. The minimum atomic E-state index is -0.756. The van der Waals surface area contributed by atoms with E-state index in [1.54, 1.807) is 18.5 Å². The molecule has 5 nitrogen and oxygen atoms in total. The van der Waals surface area contributed by atoms with E-state index in [9.17, 15) is 9.18 Å². The number of hydrogen-bond acceptors (Lipinski definition) is 4. The Morgan fingerprint density at radius 1 is 1.32 bits per heavy atom. The molecule has 118 valence electrons. The first-order valence-corrected chi connectivity index (χ1v) is 8.10. The predicted molar refractivity (Wildman–Crippen MR) is 79.9 cm³/mol. The Kier molecular flexibility index (Phi) is 3.27. The van der Waals surface area contributed by atoms with Gasteiger partial charge in [-0.2, -0.15) is 0 Å². The lowest BCUT2D eigenvalue weighted by molar-refractivity contribution is -0.140. The highest BCUT2D eigenvalue weighted by Gasteiger charge is 2.50. The molecule has 1 N–H and O–H groups in total. The molecule has 1 aliphatic heterocycles. The molecule has 2 heterocycles. The van der Waals surface area contributed by atoms with Gasteiger partial charge in [0.05, 0.1) is 0 Å². The molecule has 6 heteroatoms. The second kappa shape index (κ2) is 5.18. The van der Waals surface area contributed by atoms with Crippen molar-refractivity contribution < 1.29 is 9.18 Å². The average Bonchev–Trinajstić information content (AvgIpc) is 2.89. The predicted octanol–water partition coefficient (Wildman–Crippen LogP) is 2.02. The lowest BCUT2D eigenvalue weighted by atomic mass is 9.65. The molecule has 3 fully saturated rings. The summed E-state index contributed by atoms with van der Waals surface area (Å²) >= 11 is 0. The van der Waals surface area contributed by atoms with Crippen molar-refractivity contribution in [1.82, 2.24) is 14.9 Å². The number of alkyl halides is 1. The Labute approximate surface area is 129 Å². The fourth-order valence-electron chi connectivity index (χ4n) is 4.11. The summed E-state index contributed by atoms with van der Waals surface area (Å²) in [5.41, 5.74) is 0.265. The fourth-order valence-corrected chi connectivity index (χ4v) is 4.11. The first kappa shape index (κ1) is 13.9. The lowest BCUT2D eigenvalue weighted by Crippen LogP contribution is -2.48. The highest BCUT2D eigenvalue weighted by atomic mass is 19.1. The molecule has 4 rings (SSSR count). The Morgan fingerprint density at radius 2 is 2.05 bits per heavy atom. The number of anilines is 1. The van der Waals surface area contributed by atoms with Crippen LogP contribution in [0.25, 0.3) is 0 Å². The number of nitrogens with zero attached hydrogens (tertiary/aromatic N) is 3. The van der Waals surface area contributed by atoms with Crippen LogP contribution in [0.3, 0.4) is 0 Å². The zero-order chi connectivity index (χ0) is 15.2. The highest BCUT2D eigenvalue weighted by molar-refractivity contribution is 5.80. The average molecular weight is 304 g/mol. The molecule has 1 spiro atoms. The second-order valence-corrected chi connectivity index (χ2v) is 7.10. The number of amides is 1. The summed E-state index contributed by atoms with van der Waals surface area (Å²) in [5.74, 6) is 0.794. The van der Waals surface area contributed by atoms with Crippen molar-refractivity contribution in [2.24, 2.45) is 11.3 Å². The first-order chi connectivity index (χ1) is 10.6. The van der Waals surface area contributed by atoms with Crippen LogP contribution in [0.4, 0.5) is 10.3 Å². The van der Waals surface area contributed by atoms with E-state index in [4.69, 9.17) is 0 Å². The van der Waals surface area contributed by atoms with Crippen LogP contribution in [-0.4, -0.2) is 46.1 Å². The molecule has 0 aromatic carbocycles. The zero-order valence-electron chi connectivity index (χ0n) is 12.5. The van der Waals surface area contributed by atoms with Crippen LogP contribution in [0, 0.1) is 11.3 Å². The second-order valence-electron chi connectivity index (χ2n) is 7.10. The van der Waals surface area contributed by atoms with Crippen molar-refractivity contribution in [3.63, 3.8) is 0 Å². The van der Waals surface area contributed by atoms with E-state index in [1.165, 1.54) is 0 Å². The maximum absolute atomic E-state index is 12.9. The van der Waals surface area contributed by atoms with Gasteiger partial charge >= 0.3 is 0 Å². The van der Waals surface area contributed by atoms with Crippen molar-refractivity contribution in [3.05, 3.63) is 18.5 Å². The van der Waals surface area contributed by atoms with E-state index in [1.807, 2.05) is 4.90 Å². The van der Waals surface area contributed by atoms with Crippen molar-refractivity contribution in [2.75, 3.05) is 18.4 Å². The number of carbonyl (C=O) groups is 1. The molecule has 0 bridgehead atoms. The molecule has 1 saturated heterocycles. The maximum atomic E-state index is 12.9. The van der Waals surface area contributed by atoms with E-state index in [0.29, 0.717) is 24.8 Å². The normalized spacial score (nSPS) is 36.8. The highest BCUT2D eigenvalue weighted by Crippen LogP contribution is 2.49. The minimum absolute atomic E-state index is 0.0585. The lowest BCUT2D eigenvalue weighted by Gasteiger charge is -2.45. The first-order valence-electron chi connectivity index (χ1n) is 8.10. The molecule has 22 heavy (non-hydrogen) atoms. The molecule has 0 unspecified atom stereocenters. The number of rotatable bonds is 3. The summed E-state index contributed by atoms with van der Waals surface area (Å²) in [6.07, 6.45) is 6.76. The third-order valence-electron chi connectivity index (χ3n) is 5.44. The van der Waals surface area contributed by atoms with Gasteiger partial charge in [-0.15, -0.1) is 0 Å². The molecule has 1 aromatic rings. The Balaban J connectivity index is 1.28. The van der Waals surface area contributed by atoms with Crippen LogP contribution >= 0.6 is 0 Å². The smallest absolute Gasteiger partial charge is 0.225 e. The van der Waals surface area contributed by atoms with Gasteiger partial charge < -0.3 is 10.2 Å². The molecule has 2 saturated carbocycles. The minimum Gasteiger partial charge on any atom is -0.351 e. The summed E-state index contributed by atoms with van der Waals surface area (Å²) in [6, 6.07) is 2.20. The van der Waals surface area contributed by atoms with Gasteiger partial charge in [0.2, 0.25) is 11.9 Å². The third kappa shape index (κ3) is 2.44. The van der Waals surface area contributed by atoms with Gasteiger partial charge in [-0.05, 0) is 43.6 Å². The number of hydrogen-bond donors (Lipinski definition) is 1. The molecule has 1 amide bonds. The molecular formula is C16H21FN4O. The SMILES string of the molecule is O=C(C1CC(F)C1)N1CCC2(CC(Nc3ncccn3)C2)C1. The monoisotopic (exact) mass is 304 g/mol.